The van der Waals surface area contributed by atoms with Crippen molar-refractivity contribution in [2.24, 2.45) is 7.05 Å². The molecule has 0 radical (unpaired) electrons. The molecular formula is C18H16FN5S. The van der Waals surface area contributed by atoms with E-state index in [0.717, 1.165) is 22.2 Å². The van der Waals surface area contributed by atoms with Crippen LogP contribution >= 0.6 is 11.3 Å². The molecule has 3 heterocycles. The first-order valence-corrected chi connectivity index (χ1v) is 8.83. The van der Waals surface area contributed by atoms with E-state index >= 15 is 0 Å². The molecule has 126 valence electrons. The number of nitrogens with zero attached hydrogens (tertiary/aromatic N) is 5. The van der Waals surface area contributed by atoms with Crippen molar-refractivity contribution in [3.63, 3.8) is 0 Å². The van der Waals surface area contributed by atoms with Gasteiger partial charge in [0, 0.05) is 31.2 Å². The van der Waals surface area contributed by atoms with Crippen LogP contribution in [0, 0.1) is 12.7 Å². The Kier molecular flexibility index (Phi) is 4.01. The lowest BCUT2D eigenvalue weighted by molar-refractivity contribution is 0.636. The third kappa shape index (κ3) is 3.02. The molecule has 0 saturated heterocycles. The maximum absolute atomic E-state index is 14.3. The Morgan fingerprint density at radius 1 is 1.16 bits per heavy atom. The molecule has 3 aromatic heterocycles. The molecule has 4 aromatic rings. The van der Waals surface area contributed by atoms with Gasteiger partial charge in [0.15, 0.2) is 0 Å². The zero-order valence-corrected chi connectivity index (χ0v) is 14.7. The van der Waals surface area contributed by atoms with Crippen molar-refractivity contribution in [1.29, 1.82) is 0 Å². The number of rotatable bonds is 4. The molecule has 0 unspecified atom stereocenters. The number of halogens is 1. The van der Waals surface area contributed by atoms with Gasteiger partial charge in [-0.3, -0.25) is 0 Å². The first kappa shape index (κ1) is 15.8. The number of hydrogen-bond donors (Lipinski definition) is 0. The number of fused-ring (bicyclic) bond motifs is 1. The van der Waals surface area contributed by atoms with Gasteiger partial charge in [0.05, 0.1) is 16.6 Å². The van der Waals surface area contributed by atoms with Crippen LogP contribution in [0.5, 0.6) is 0 Å². The number of aromatic nitrogens is 5. The van der Waals surface area contributed by atoms with Crippen LogP contribution in [0.25, 0.3) is 21.6 Å². The minimum Gasteiger partial charge on any atom is -0.337 e. The zero-order chi connectivity index (χ0) is 17.4. The largest absolute Gasteiger partial charge is 0.337 e. The van der Waals surface area contributed by atoms with E-state index in [9.17, 15) is 4.39 Å². The minimum atomic E-state index is -0.282. The number of aryl methyl sites for hydroxylation is 4. The molecule has 0 aliphatic rings. The normalized spacial score (nSPS) is 11.3. The minimum absolute atomic E-state index is 0.282. The lowest BCUT2D eigenvalue weighted by atomic mass is 10.1. The van der Waals surface area contributed by atoms with E-state index in [4.69, 9.17) is 0 Å². The van der Waals surface area contributed by atoms with Crippen molar-refractivity contribution in [3.8, 4) is 10.7 Å². The predicted octanol–water partition coefficient (Wildman–Crippen LogP) is 3.72. The van der Waals surface area contributed by atoms with Crippen LogP contribution in [0.1, 0.15) is 17.3 Å². The quantitative estimate of drug-likeness (QED) is 0.561. The fourth-order valence-electron chi connectivity index (χ4n) is 2.94. The third-order valence-corrected chi connectivity index (χ3v) is 4.86. The van der Waals surface area contributed by atoms with Gasteiger partial charge in [0.2, 0.25) is 0 Å². The van der Waals surface area contributed by atoms with Crippen LogP contribution in [0.15, 0.2) is 36.0 Å². The Labute approximate surface area is 148 Å². The molecule has 0 saturated carbocycles. The molecule has 7 heteroatoms. The Morgan fingerprint density at radius 2 is 2.04 bits per heavy atom. The predicted molar refractivity (Wildman–Crippen MR) is 96.0 cm³/mol. The summed E-state index contributed by atoms with van der Waals surface area (Å²) in [7, 11) is 1.96. The highest BCUT2D eigenvalue weighted by Crippen LogP contribution is 2.23. The fourth-order valence-corrected chi connectivity index (χ4v) is 3.53. The van der Waals surface area contributed by atoms with Crippen molar-refractivity contribution in [3.05, 3.63) is 59.1 Å². The molecule has 0 aliphatic carbocycles. The van der Waals surface area contributed by atoms with Gasteiger partial charge < -0.3 is 4.57 Å². The van der Waals surface area contributed by atoms with Gasteiger partial charge in [-0.05, 0) is 25.5 Å². The van der Waals surface area contributed by atoms with Crippen molar-refractivity contribution in [2.75, 3.05) is 0 Å². The lowest BCUT2D eigenvalue weighted by Gasteiger charge is -2.08. The highest BCUT2D eigenvalue weighted by molar-refractivity contribution is 7.13. The SMILES string of the molecule is Cc1nc(CCc2nc(-c3nccs3)cn2C)c2c(F)cccc2n1. The summed E-state index contributed by atoms with van der Waals surface area (Å²) >= 11 is 1.56. The smallest absolute Gasteiger partial charge is 0.143 e. The highest BCUT2D eigenvalue weighted by atomic mass is 32.1. The van der Waals surface area contributed by atoms with Crippen molar-refractivity contribution >= 4 is 22.2 Å². The number of thiazole rings is 1. The number of benzene rings is 1. The second-order valence-electron chi connectivity index (χ2n) is 5.84. The van der Waals surface area contributed by atoms with Gasteiger partial charge in [-0.15, -0.1) is 11.3 Å². The monoisotopic (exact) mass is 353 g/mol. The van der Waals surface area contributed by atoms with E-state index < -0.39 is 0 Å². The maximum atomic E-state index is 14.3. The number of hydrogen-bond acceptors (Lipinski definition) is 5. The summed E-state index contributed by atoms with van der Waals surface area (Å²) < 4.78 is 16.3. The zero-order valence-electron chi connectivity index (χ0n) is 13.9. The second kappa shape index (κ2) is 6.33. The summed E-state index contributed by atoms with van der Waals surface area (Å²) in [5.41, 5.74) is 2.23. The molecule has 25 heavy (non-hydrogen) atoms. The van der Waals surface area contributed by atoms with Crippen molar-refractivity contribution < 1.29 is 4.39 Å². The standard InChI is InChI=1S/C18H16FN5S/c1-11-21-13-5-3-4-12(19)17(13)14(22-11)6-7-16-23-15(10-24(16)2)18-20-8-9-25-18/h3-5,8-10H,6-7H2,1-2H3. The van der Waals surface area contributed by atoms with Crippen molar-refractivity contribution in [1.82, 2.24) is 24.5 Å². The van der Waals surface area contributed by atoms with Crippen LogP contribution in [-0.2, 0) is 19.9 Å². The fraction of sp³-hybridized carbons (Fsp3) is 0.222. The van der Waals surface area contributed by atoms with Gasteiger partial charge >= 0.3 is 0 Å². The van der Waals surface area contributed by atoms with E-state index in [1.807, 2.05) is 36.2 Å². The summed E-state index contributed by atoms with van der Waals surface area (Å²) in [6.07, 6.45) is 5.01. The summed E-state index contributed by atoms with van der Waals surface area (Å²) in [6.45, 7) is 1.83. The van der Waals surface area contributed by atoms with Crippen molar-refractivity contribution in [2.45, 2.75) is 19.8 Å². The summed E-state index contributed by atoms with van der Waals surface area (Å²) in [6, 6.07) is 4.94. The topological polar surface area (TPSA) is 56.5 Å². The van der Waals surface area contributed by atoms with Gasteiger partial charge in [0.1, 0.15) is 28.2 Å². The average Bonchev–Trinajstić information content (AvgIpc) is 3.22. The maximum Gasteiger partial charge on any atom is 0.143 e. The van der Waals surface area contributed by atoms with Gasteiger partial charge in [-0.1, -0.05) is 6.07 Å². The van der Waals surface area contributed by atoms with Crippen LogP contribution in [-0.4, -0.2) is 24.5 Å². The first-order chi connectivity index (χ1) is 12.1. The highest BCUT2D eigenvalue weighted by Gasteiger charge is 2.13. The Hall–Kier alpha value is -2.67. The number of imidazole rings is 1. The molecular weight excluding hydrogens is 337 g/mol. The molecule has 4 rings (SSSR count). The molecule has 0 fully saturated rings. The second-order valence-corrected chi connectivity index (χ2v) is 6.74. The van der Waals surface area contributed by atoms with Gasteiger partial charge in [0.25, 0.3) is 0 Å². The summed E-state index contributed by atoms with van der Waals surface area (Å²) in [5.74, 6) is 1.29. The van der Waals surface area contributed by atoms with E-state index in [1.165, 1.54) is 6.07 Å². The van der Waals surface area contributed by atoms with Crippen LogP contribution in [0.2, 0.25) is 0 Å². The molecule has 0 amide bonds. The van der Waals surface area contributed by atoms with E-state index in [1.54, 1.807) is 23.6 Å². The van der Waals surface area contributed by atoms with Crippen LogP contribution in [0.4, 0.5) is 4.39 Å². The molecule has 1 aromatic carbocycles. The lowest BCUT2D eigenvalue weighted by Crippen LogP contribution is -2.04. The van der Waals surface area contributed by atoms with E-state index in [0.29, 0.717) is 29.6 Å². The third-order valence-electron chi connectivity index (χ3n) is 4.07. The van der Waals surface area contributed by atoms with E-state index in [-0.39, 0.29) is 5.82 Å². The molecule has 0 bridgehead atoms. The molecule has 0 spiro atoms. The Morgan fingerprint density at radius 3 is 2.84 bits per heavy atom. The average molecular weight is 353 g/mol. The van der Waals surface area contributed by atoms with E-state index in [2.05, 4.69) is 19.9 Å². The molecule has 0 aliphatic heterocycles. The summed E-state index contributed by atoms with van der Waals surface area (Å²) in [5, 5.41) is 3.33. The van der Waals surface area contributed by atoms with Gasteiger partial charge in [-0.25, -0.2) is 24.3 Å². The van der Waals surface area contributed by atoms with Crippen LogP contribution < -0.4 is 0 Å². The molecule has 5 nitrogen and oxygen atoms in total. The molecule has 0 atom stereocenters. The van der Waals surface area contributed by atoms with Crippen LogP contribution in [0.3, 0.4) is 0 Å². The Balaban J connectivity index is 1.65. The molecule has 0 N–H and O–H groups in total. The summed E-state index contributed by atoms with van der Waals surface area (Å²) in [4.78, 5) is 17.8. The van der Waals surface area contributed by atoms with Gasteiger partial charge in [-0.2, -0.15) is 0 Å². The Bertz CT molecular complexity index is 1040. The first-order valence-electron chi connectivity index (χ1n) is 7.95.